The lowest BCUT2D eigenvalue weighted by atomic mass is 10.1. The number of amides is 2. The fourth-order valence-electron chi connectivity index (χ4n) is 2.32. The molecule has 30 heavy (non-hydrogen) atoms. The van der Waals surface area contributed by atoms with Crippen molar-refractivity contribution >= 4 is 35.5 Å². The number of esters is 1. The lowest BCUT2D eigenvalue weighted by Crippen LogP contribution is -2.66. The van der Waals surface area contributed by atoms with Crippen molar-refractivity contribution in [1.29, 1.82) is 0 Å². The molecule has 1 heterocycles. The Bertz CT molecular complexity index is 752. The van der Waals surface area contributed by atoms with E-state index in [2.05, 4.69) is 5.73 Å². The van der Waals surface area contributed by atoms with Gasteiger partial charge in [0, 0.05) is 6.54 Å². The van der Waals surface area contributed by atoms with E-state index in [1.807, 2.05) is 0 Å². The van der Waals surface area contributed by atoms with E-state index in [4.69, 9.17) is 14.6 Å². The van der Waals surface area contributed by atoms with Crippen LogP contribution in [0, 0.1) is 0 Å². The molecule has 1 aliphatic rings. The van der Waals surface area contributed by atoms with Crippen molar-refractivity contribution in [2.24, 2.45) is 0 Å². The van der Waals surface area contributed by atoms with Crippen LogP contribution in [-0.4, -0.2) is 65.5 Å². The Morgan fingerprint density at radius 2 is 1.70 bits per heavy atom. The number of benzene rings is 1. The molecule has 0 fully saturated rings. The number of fused-ring (bicyclic) bond motifs is 1. The second kappa shape index (κ2) is 11.6. The summed E-state index contributed by atoms with van der Waals surface area (Å²) >= 11 is 1.57. The predicted octanol–water partition coefficient (Wildman–Crippen LogP) is -0.122. The van der Waals surface area contributed by atoms with Crippen LogP contribution < -0.4 is 10.8 Å². The smallest absolute Gasteiger partial charge is 0.430 e. The van der Waals surface area contributed by atoms with Gasteiger partial charge in [0.15, 0.2) is 6.04 Å². The van der Waals surface area contributed by atoms with Crippen LogP contribution in [0.15, 0.2) is 24.3 Å². The Labute approximate surface area is 174 Å². The number of nitrogens with zero attached hydrogens (tertiary/aromatic N) is 1. The van der Waals surface area contributed by atoms with E-state index in [-0.39, 0.29) is 23.8 Å². The summed E-state index contributed by atoms with van der Waals surface area (Å²) in [6.45, 7) is 2.51. The Hall–Kier alpha value is -2.60. The van der Waals surface area contributed by atoms with Crippen LogP contribution in [0.4, 0.5) is 13.2 Å². The third-order valence-electron chi connectivity index (χ3n) is 3.72. The van der Waals surface area contributed by atoms with Crippen LogP contribution in [0.1, 0.15) is 34.1 Å². The number of quaternary nitrogens is 1. The number of hydrogen-bond acceptors (Lipinski definition) is 7. The van der Waals surface area contributed by atoms with Gasteiger partial charge in [-0.2, -0.15) is 24.9 Å². The molecule has 0 radical (unpaired) electrons. The first-order valence-corrected chi connectivity index (χ1v) is 9.97. The molecule has 1 aromatic carbocycles. The standard InChI is InChI=1S/C16H20N2O4S.C2HF3O2/c1-2-22-16(21)13(17)10-23-9-5-8-18-14(19)11-6-3-4-7-12(11)15(18)20;3-2(4,5)1(6)7/h3-4,6-7,13H,2,5,8-10,17H2,1H3;(H,6,7). The Morgan fingerprint density at radius 3 is 2.13 bits per heavy atom. The molecule has 0 aromatic heterocycles. The van der Waals surface area contributed by atoms with Gasteiger partial charge in [-0.1, -0.05) is 12.1 Å². The van der Waals surface area contributed by atoms with Crippen LogP contribution in [0.2, 0.25) is 0 Å². The number of ether oxygens (including phenoxy) is 1. The normalized spacial score (nSPS) is 14.0. The van der Waals surface area contributed by atoms with Crippen molar-refractivity contribution in [2.75, 3.05) is 24.7 Å². The zero-order valence-corrected chi connectivity index (χ0v) is 16.9. The molecule has 166 valence electrons. The van der Waals surface area contributed by atoms with E-state index >= 15 is 0 Å². The van der Waals surface area contributed by atoms with Crippen molar-refractivity contribution in [1.82, 2.24) is 4.90 Å². The van der Waals surface area contributed by atoms with Gasteiger partial charge in [-0.15, -0.1) is 0 Å². The second-order valence-electron chi connectivity index (χ2n) is 5.97. The van der Waals surface area contributed by atoms with E-state index < -0.39 is 12.1 Å². The van der Waals surface area contributed by atoms with Crippen molar-refractivity contribution < 1.29 is 47.9 Å². The topological polar surface area (TPSA) is 131 Å². The largest absolute Gasteiger partial charge is 0.542 e. The SMILES string of the molecule is CCOC(=O)C([NH3+])CSCCCN1C(=O)c2ccccc2C1=O.O=C([O-])C(F)(F)F. The summed E-state index contributed by atoms with van der Waals surface area (Å²) in [6.07, 6.45) is -4.51. The maximum Gasteiger partial charge on any atom is 0.430 e. The van der Waals surface area contributed by atoms with Gasteiger partial charge in [0.25, 0.3) is 11.8 Å². The maximum atomic E-state index is 12.2. The van der Waals surface area contributed by atoms with Crippen molar-refractivity contribution in [2.45, 2.75) is 25.6 Å². The molecule has 1 aliphatic heterocycles. The molecule has 12 heteroatoms. The Balaban J connectivity index is 0.000000553. The Morgan fingerprint density at radius 1 is 1.20 bits per heavy atom. The first kappa shape index (κ1) is 25.4. The monoisotopic (exact) mass is 450 g/mol. The van der Waals surface area contributed by atoms with Crippen LogP contribution >= 0.6 is 11.8 Å². The van der Waals surface area contributed by atoms with E-state index in [0.717, 1.165) is 5.75 Å². The highest BCUT2D eigenvalue weighted by Crippen LogP contribution is 2.22. The summed E-state index contributed by atoms with van der Waals surface area (Å²) in [5, 5.41) is 8.78. The highest BCUT2D eigenvalue weighted by Gasteiger charge is 2.34. The molecule has 1 aromatic rings. The summed E-state index contributed by atoms with van der Waals surface area (Å²) < 4.78 is 36.4. The van der Waals surface area contributed by atoms with E-state index in [1.54, 1.807) is 43.0 Å². The van der Waals surface area contributed by atoms with Gasteiger partial charge in [-0.3, -0.25) is 14.5 Å². The number of carboxylic acids is 1. The lowest BCUT2D eigenvalue weighted by molar-refractivity contribution is -0.401. The van der Waals surface area contributed by atoms with Gasteiger partial charge in [0.05, 0.1) is 23.5 Å². The summed E-state index contributed by atoms with van der Waals surface area (Å²) in [7, 11) is 0. The number of carbonyl (C=O) groups is 4. The van der Waals surface area contributed by atoms with Gasteiger partial charge in [-0.25, -0.2) is 4.79 Å². The number of thioether (sulfide) groups is 1. The van der Waals surface area contributed by atoms with E-state index in [9.17, 15) is 27.6 Å². The molecule has 2 amide bonds. The molecule has 0 aliphatic carbocycles. The fourth-order valence-corrected chi connectivity index (χ4v) is 3.24. The molecule has 0 bridgehead atoms. The second-order valence-corrected chi connectivity index (χ2v) is 7.12. The Kier molecular flexibility index (Phi) is 9.79. The van der Waals surface area contributed by atoms with Gasteiger partial charge in [0.1, 0.15) is 5.97 Å². The summed E-state index contributed by atoms with van der Waals surface area (Å²) in [5.74, 6) is -2.43. The van der Waals surface area contributed by atoms with Gasteiger partial charge >= 0.3 is 12.1 Å². The molecule has 0 spiro atoms. The number of hydrogen-bond donors (Lipinski definition) is 1. The molecule has 0 saturated heterocycles. The number of alkyl halides is 3. The zero-order valence-electron chi connectivity index (χ0n) is 16.1. The van der Waals surface area contributed by atoms with Crippen molar-refractivity contribution in [3.8, 4) is 0 Å². The average Bonchev–Trinajstić information content (AvgIpc) is 2.92. The first-order chi connectivity index (χ1) is 14.0. The molecular weight excluding hydrogens is 429 g/mol. The van der Waals surface area contributed by atoms with Gasteiger partial charge in [0.2, 0.25) is 0 Å². The molecule has 0 saturated carbocycles. The van der Waals surface area contributed by atoms with Crippen LogP contribution in [0.5, 0.6) is 0 Å². The molecule has 3 N–H and O–H groups in total. The third kappa shape index (κ3) is 7.34. The number of imide groups is 1. The molecule has 2 rings (SSSR count). The fraction of sp³-hybridized carbons (Fsp3) is 0.444. The van der Waals surface area contributed by atoms with Gasteiger partial charge < -0.3 is 20.4 Å². The number of rotatable bonds is 8. The van der Waals surface area contributed by atoms with Crippen LogP contribution in [-0.2, 0) is 14.3 Å². The number of carbonyl (C=O) groups excluding carboxylic acids is 4. The minimum Gasteiger partial charge on any atom is -0.542 e. The highest BCUT2D eigenvalue weighted by molar-refractivity contribution is 7.99. The molecule has 1 atom stereocenters. The van der Waals surface area contributed by atoms with Gasteiger partial charge in [-0.05, 0) is 31.2 Å². The highest BCUT2D eigenvalue weighted by atomic mass is 32.2. The summed E-state index contributed by atoms with van der Waals surface area (Å²) in [6, 6.07) is 6.48. The zero-order chi connectivity index (χ0) is 22.9. The minimum absolute atomic E-state index is 0.225. The summed E-state index contributed by atoms with van der Waals surface area (Å²) in [4.78, 5) is 45.8. The van der Waals surface area contributed by atoms with Crippen LogP contribution in [0.3, 0.4) is 0 Å². The molecule has 8 nitrogen and oxygen atoms in total. The average molecular weight is 450 g/mol. The van der Waals surface area contributed by atoms with Crippen molar-refractivity contribution in [3.05, 3.63) is 35.4 Å². The molecule has 1 unspecified atom stereocenters. The van der Waals surface area contributed by atoms with E-state index in [0.29, 0.717) is 36.5 Å². The quantitative estimate of drug-likeness (QED) is 0.332. The first-order valence-electron chi connectivity index (χ1n) is 8.81. The molecular formula is C18H21F3N2O6S. The minimum atomic E-state index is -5.19. The maximum absolute atomic E-state index is 12.2. The van der Waals surface area contributed by atoms with Crippen LogP contribution in [0.25, 0.3) is 0 Å². The summed E-state index contributed by atoms with van der Waals surface area (Å²) in [5.41, 5.74) is 4.72. The number of carboxylic acid groups (broad SMARTS) is 1. The number of halogens is 3. The van der Waals surface area contributed by atoms with E-state index in [1.165, 1.54) is 4.90 Å². The number of aliphatic carboxylic acids is 1. The lowest BCUT2D eigenvalue weighted by Gasteiger charge is -2.13. The van der Waals surface area contributed by atoms with Crippen molar-refractivity contribution in [3.63, 3.8) is 0 Å². The third-order valence-corrected chi connectivity index (χ3v) is 4.93. The predicted molar refractivity (Wildman–Crippen MR) is 98.1 cm³/mol.